The van der Waals surface area contributed by atoms with Crippen LogP contribution in [0.1, 0.15) is 22.3 Å². The van der Waals surface area contributed by atoms with Crippen molar-refractivity contribution in [2.24, 2.45) is 4.40 Å². The molecule has 0 aliphatic rings. The van der Waals surface area contributed by atoms with Gasteiger partial charge in [0.25, 0.3) is 0 Å². The fraction of sp³-hybridized carbons (Fsp3) is 0.138. The lowest BCUT2D eigenvalue weighted by Crippen LogP contribution is -2.33. The molecule has 0 radical (unpaired) electrons. The molecule has 2 amide bonds. The Hall–Kier alpha value is -4.45. The molecule has 0 saturated heterocycles. The van der Waals surface area contributed by atoms with Gasteiger partial charge in [-0.15, -0.1) is 0 Å². The van der Waals surface area contributed by atoms with Crippen LogP contribution in [-0.2, 0) is 5.92 Å². The number of aromatic nitrogens is 2. The molecule has 0 bridgehead atoms. The van der Waals surface area contributed by atoms with Crippen molar-refractivity contribution in [3.63, 3.8) is 0 Å². The molecular weight excluding hydrogens is 561 g/mol. The second-order valence-corrected chi connectivity index (χ2v) is 9.89. The number of hydrogen-bond acceptors (Lipinski definition) is 4. The Morgan fingerprint density at radius 3 is 2.34 bits per heavy atom. The lowest BCUT2D eigenvalue weighted by atomic mass is 10.1. The van der Waals surface area contributed by atoms with Gasteiger partial charge in [0.1, 0.15) is 6.33 Å². The summed E-state index contributed by atoms with van der Waals surface area (Å²) in [6.07, 6.45) is -2.59. The van der Waals surface area contributed by atoms with Gasteiger partial charge < -0.3 is 5.32 Å². The van der Waals surface area contributed by atoms with Crippen LogP contribution in [0, 0.1) is 13.8 Å². The molecule has 41 heavy (non-hydrogen) atoms. The number of carbonyl (C=O) groups is 1. The fourth-order valence-corrected chi connectivity index (χ4v) is 4.78. The third-order valence-corrected chi connectivity index (χ3v) is 7.02. The topological polar surface area (TPSA) is 71.3 Å². The lowest BCUT2D eigenvalue weighted by Gasteiger charge is -2.20. The van der Waals surface area contributed by atoms with Crippen LogP contribution >= 0.6 is 12.1 Å². The summed E-state index contributed by atoms with van der Waals surface area (Å²) in [5, 5.41) is 4.49. The predicted molar refractivity (Wildman–Crippen MR) is 152 cm³/mol. The Balaban J connectivity index is 1.29. The first-order valence-corrected chi connectivity index (χ1v) is 13.0. The minimum Gasteiger partial charge on any atom is -0.307 e. The Labute approximate surface area is 235 Å². The molecule has 0 fully saturated rings. The van der Waals surface area contributed by atoms with Crippen LogP contribution < -0.4 is 10.0 Å². The van der Waals surface area contributed by atoms with Crippen LogP contribution in [0.4, 0.5) is 32.4 Å². The van der Waals surface area contributed by atoms with Crippen molar-refractivity contribution in [1.29, 1.82) is 0 Å². The maximum atomic E-state index is 13.7. The number of nitrogens with one attached hydrogen (secondary N) is 2. The molecule has 1 heterocycles. The van der Waals surface area contributed by atoms with E-state index in [4.69, 9.17) is 0 Å². The maximum absolute atomic E-state index is 13.7. The molecule has 4 aromatic carbocycles. The number of benzene rings is 4. The molecule has 0 aliphatic carbocycles. The SMILES string of the molecule is Cc1cccc(C)c1NC(=O)NS/N=C/c1ccc2c(ccc3c2ncn3-c2ccc(C(F)(F)C(F)(F)F)cc2)c1. The summed E-state index contributed by atoms with van der Waals surface area (Å²) in [6.45, 7) is 3.82. The van der Waals surface area contributed by atoms with Crippen LogP contribution in [-0.4, -0.2) is 28.0 Å². The van der Waals surface area contributed by atoms with Crippen molar-refractivity contribution < 1.29 is 26.7 Å². The Morgan fingerprint density at radius 1 is 0.951 bits per heavy atom. The van der Waals surface area contributed by atoms with Crippen LogP contribution in [0.15, 0.2) is 83.5 Å². The molecular formula is C29H22F5N5OS. The standard InChI is InChI=1S/C29H22F5N5OS/c1-17-4-3-5-18(2)25(17)37-27(40)38-41-36-15-19-6-12-23-20(14-19)7-13-24-26(23)35-16-39(24)22-10-8-21(9-11-22)28(30,31)29(32,33)34/h3-16H,1-2H3,(H2,37,38,40)/b36-15+. The molecule has 2 N–H and O–H groups in total. The maximum Gasteiger partial charge on any atom is 0.458 e. The first kappa shape index (κ1) is 28.1. The van der Waals surface area contributed by atoms with Crippen LogP contribution in [0.3, 0.4) is 0 Å². The van der Waals surface area contributed by atoms with Gasteiger partial charge in [0.15, 0.2) is 0 Å². The van der Waals surface area contributed by atoms with E-state index in [0.29, 0.717) is 16.7 Å². The number of halogens is 5. The Morgan fingerprint density at radius 2 is 1.66 bits per heavy atom. The van der Waals surface area contributed by atoms with Crippen molar-refractivity contribution in [2.75, 3.05) is 5.32 Å². The molecule has 0 aliphatic heterocycles. The highest BCUT2D eigenvalue weighted by atomic mass is 32.2. The number of nitrogens with zero attached hydrogens (tertiary/aromatic N) is 3. The predicted octanol–water partition coefficient (Wildman–Crippen LogP) is 8.25. The zero-order chi connectivity index (χ0) is 29.4. The van der Waals surface area contributed by atoms with E-state index in [1.165, 1.54) is 18.5 Å². The van der Waals surface area contributed by atoms with Gasteiger partial charge >= 0.3 is 18.1 Å². The monoisotopic (exact) mass is 583 g/mol. The normalized spacial score (nSPS) is 12.4. The van der Waals surface area contributed by atoms with Crippen molar-refractivity contribution in [2.45, 2.75) is 25.9 Å². The third-order valence-electron chi connectivity index (χ3n) is 6.53. The van der Waals surface area contributed by atoms with Crippen molar-refractivity contribution in [3.8, 4) is 5.69 Å². The third kappa shape index (κ3) is 5.60. The van der Waals surface area contributed by atoms with Gasteiger partial charge in [0.2, 0.25) is 0 Å². The summed E-state index contributed by atoms with van der Waals surface area (Å²) in [4.78, 5) is 16.7. The molecule has 1 aromatic heterocycles. The van der Waals surface area contributed by atoms with Crippen LogP contribution in [0.25, 0.3) is 27.5 Å². The summed E-state index contributed by atoms with van der Waals surface area (Å²) in [5.74, 6) is -4.94. The molecule has 6 nitrogen and oxygen atoms in total. The van der Waals surface area contributed by atoms with Gasteiger partial charge in [-0.25, -0.2) is 14.2 Å². The van der Waals surface area contributed by atoms with Crippen LogP contribution in [0.2, 0.25) is 0 Å². The van der Waals surface area contributed by atoms with Crippen LogP contribution in [0.5, 0.6) is 0 Å². The van der Waals surface area contributed by atoms with E-state index in [1.807, 2.05) is 56.3 Å². The number of fused-ring (bicyclic) bond motifs is 3. The first-order valence-electron chi connectivity index (χ1n) is 12.2. The zero-order valence-corrected chi connectivity index (χ0v) is 22.4. The van der Waals surface area contributed by atoms with E-state index in [-0.39, 0.29) is 0 Å². The number of amides is 2. The highest BCUT2D eigenvalue weighted by Crippen LogP contribution is 2.44. The average Bonchev–Trinajstić information content (AvgIpc) is 3.37. The van der Waals surface area contributed by atoms with E-state index < -0.39 is 23.7 Å². The highest BCUT2D eigenvalue weighted by Gasteiger charge is 2.58. The van der Waals surface area contributed by atoms with Gasteiger partial charge in [0, 0.05) is 28.5 Å². The molecule has 0 atom stereocenters. The molecule has 0 spiro atoms. The Bertz CT molecular complexity index is 1760. The average molecular weight is 584 g/mol. The Kier molecular flexibility index (Phi) is 7.43. The van der Waals surface area contributed by atoms with Gasteiger partial charge in [-0.3, -0.25) is 9.29 Å². The second kappa shape index (κ2) is 10.8. The number of aryl methyl sites for hydroxylation is 2. The zero-order valence-electron chi connectivity index (χ0n) is 21.6. The number of imidazole rings is 1. The van der Waals surface area contributed by atoms with Gasteiger partial charge in [0.05, 0.1) is 23.2 Å². The number of rotatable bonds is 6. The summed E-state index contributed by atoms with van der Waals surface area (Å²) < 4.78 is 73.9. The summed E-state index contributed by atoms with van der Waals surface area (Å²) in [5.41, 5.74) is 3.98. The van der Waals surface area contributed by atoms with E-state index in [9.17, 15) is 26.7 Å². The molecule has 12 heteroatoms. The molecule has 210 valence electrons. The highest BCUT2D eigenvalue weighted by molar-refractivity contribution is 7.96. The molecule has 5 aromatic rings. The first-order chi connectivity index (χ1) is 19.5. The number of hydrogen-bond donors (Lipinski definition) is 2. The van der Waals surface area contributed by atoms with Crippen molar-refractivity contribution >= 4 is 51.9 Å². The molecule has 0 unspecified atom stereocenters. The van der Waals surface area contributed by atoms with Crippen molar-refractivity contribution in [1.82, 2.24) is 14.3 Å². The smallest absolute Gasteiger partial charge is 0.307 e. The van der Waals surface area contributed by atoms with Crippen molar-refractivity contribution in [3.05, 3.63) is 101 Å². The number of alkyl halides is 5. The van der Waals surface area contributed by atoms with Gasteiger partial charge in [-0.1, -0.05) is 48.5 Å². The number of anilines is 1. The number of para-hydroxylation sites is 1. The van der Waals surface area contributed by atoms with E-state index in [0.717, 1.165) is 57.4 Å². The summed E-state index contributed by atoms with van der Waals surface area (Å²) >= 11 is 0.882. The fourth-order valence-electron chi connectivity index (χ4n) is 4.41. The quantitative estimate of drug-likeness (QED) is 0.120. The van der Waals surface area contributed by atoms with E-state index in [2.05, 4.69) is 19.4 Å². The lowest BCUT2D eigenvalue weighted by molar-refractivity contribution is -0.289. The number of urea groups is 1. The molecule has 0 saturated carbocycles. The minimum atomic E-state index is -5.68. The molecule has 5 rings (SSSR count). The summed E-state index contributed by atoms with van der Waals surface area (Å²) in [6, 6.07) is 18.5. The summed E-state index contributed by atoms with van der Waals surface area (Å²) in [7, 11) is 0. The largest absolute Gasteiger partial charge is 0.458 e. The minimum absolute atomic E-state index is 0.392. The number of carbonyl (C=O) groups excluding carboxylic acids is 1. The second-order valence-electron chi connectivity index (χ2n) is 9.30. The van der Waals surface area contributed by atoms with Gasteiger partial charge in [-0.05, 0) is 60.2 Å². The van der Waals surface area contributed by atoms with E-state index in [1.54, 1.807) is 16.8 Å². The van der Waals surface area contributed by atoms with Gasteiger partial charge in [-0.2, -0.15) is 22.0 Å². The van der Waals surface area contributed by atoms with E-state index >= 15 is 0 Å².